The van der Waals surface area contributed by atoms with Gasteiger partial charge in [0, 0.05) is 44.8 Å². The van der Waals surface area contributed by atoms with Gasteiger partial charge in [-0.05, 0) is 52.7 Å². The average molecular weight is 853 g/mol. The molecular formula is C44H61N4P2Si2Y-. The van der Waals surface area contributed by atoms with Crippen LogP contribution in [0, 0.1) is 5.40 Å². The molecule has 4 aromatic carbocycles. The summed E-state index contributed by atoms with van der Waals surface area (Å²) in [6.45, 7) is 14.6. The molecule has 1 N–H and O–H groups in total. The minimum Gasteiger partial charge on any atom is -0.395 e. The van der Waals surface area contributed by atoms with Crippen molar-refractivity contribution in [1.82, 2.24) is 5.32 Å². The summed E-state index contributed by atoms with van der Waals surface area (Å²) >= 11 is 0. The normalized spacial score (nSPS) is 16.7. The van der Waals surface area contributed by atoms with E-state index in [2.05, 4.69) is 166 Å². The van der Waals surface area contributed by atoms with Gasteiger partial charge in [0.1, 0.15) is 0 Å². The second kappa shape index (κ2) is 18.9. The van der Waals surface area contributed by atoms with E-state index >= 15 is 0 Å². The minimum absolute atomic E-state index is 0. The molecule has 9 heteroatoms. The Labute approximate surface area is 349 Å². The Morgan fingerprint density at radius 2 is 0.830 bits per heavy atom. The van der Waals surface area contributed by atoms with E-state index in [1.54, 1.807) is 0 Å². The van der Waals surface area contributed by atoms with Crippen molar-refractivity contribution in [2.45, 2.75) is 116 Å². The fourth-order valence-electron chi connectivity index (χ4n) is 8.10. The topological polar surface area (TPSA) is 49.1 Å². The van der Waals surface area contributed by atoms with E-state index in [0.29, 0.717) is 6.04 Å². The third-order valence-corrected chi connectivity index (χ3v) is 24.8. The Balaban J connectivity index is 0.00000541. The molecule has 2 saturated carbocycles. The van der Waals surface area contributed by atoms with Crippen LogP contribution in [0.5, 0.6) is 0 Å². The van der Waals surface area contributed by atoms with E-state index in [0.717, 1.165) is 18.7 Å². The molecule has 4 nitrogen and oxygen atoms in total. The summed E-state index contributed by atoms with van der Waals surface area (Å²) in [7, 11) is -9.85. The first-order valence-corrected chi connectivity index (χ1v) is 30.1. The fraction of sp³-hybridized carbons (Fsp3) is 0.409. The molecule has 0 amide bonds. The number of hydrogen-bond acceptors (Lipinski definition) is 3. The van der Waals surface area contributed by atoms with Crippen molar-refractivity contribution in [2.24, 2.45) is 13.8 Å². The third kappa shape index (κ3) is 10.3. The van der Waals surface area contributed by atoms with Gasteiger partial charge in [-0.25, -0.2) is 5.40 Å². The Hall–Kier alpha value is -1.78. The molecule has 0 spiro atoms. The van der Waals surface area contributed by atoms with Gasteiger partial charge in [-0.2, -0.15) is 0 Å². The smallest absolute Gasteiger partial charge is 0.167 e. The molecule has 2 aliphatic rings. The van der Waals surface area contributed by atoms with Gasteiger partial charge in [0.15, 0.2) is 16.5 Å². The summed E-state index contributed by atoms with van der Waals surface area (Å²) in [6.07, 6.45) is 12.3. The van der Waals surface area contributed by atoms with Crippen molar-refractivity contribution < 1.29 is 32.7 Å². The third-order valence-electron chi connectivity index (χ3n) is 10.1. The summed E-state index contributed by atoms with van der Waals surface area (Å²) in [5.74, 6) is 1.12. The molecule has 0 bridgehead atoms. The molecule has 0 aliphatic heterocycles. The molecular weight excluding hydrogens is 792 g/mol. The van der Waals surface area contributed by atoms with Gasteiger partial charge >= 0.3 is 0 Å². The van der Waals surface area contributed by atoms with Crippen LogP contribution < -0.4 is 26.5 Å². The number of aliphatic imine (C=N–C) groups is 1. The largest absolute Gasteiger partial charge is 0.395 e. The zero-order valence-corrected chi connectivity index (χ0v) is 39.7. The number of nitrogens with zero attached hydrogens (tertiary/aromatic N) is 3. The maximum Gasteiger partial charge on any atom is 0.167 e. The molecule has 1 radical (unpaired) electrons. The Bertz CT molecular complexity index is 1660. The summed E-state index contributed by atoms with van der Waals surface area (Å²) in [4.78, 5) is 6.06. The van der Waals surface area contributed by atoms with Gasteiger partial charge in [0.25, 0.3) is 0 Å². The van der Waals surface area contributed by atoms with Gasteiger partial charge in [-0.3, -0.25) is 0 Å². The SMILES string of the molecule is C[Si](C)(C)N=P(c1ccccc1)(c1ccccc1)[C-](C(=NC1CCCCC1)NC1CCCCC1)P(=N[Si](C)(C)C)(c1ccccc1)c1ccccc1.[Y]. The van der Waals surface area contributed by atoms with Gasteiger partial charge in [0.2, 0.25) is 0 Å². The van der Waals surface area contributed by atoms with Gasteiger partial charge in [0.05, 0.1) is 0 Å². The zero-order valence-electron chi connectivity index (χ0n) is 33.1. The van der Waals surface area contributed by atoms with Crippen LogP contribution in [0.2, 0.25) is 39.3 Å². The molecule has 279 valence electrons. The van der Waals surface area contributed by atoms with E-state index in [4.69, 9.17) is 13.8 Å². The van der Waals surface area contributed by atoms with Crippen molar-refractivity contribution >= 4 is 57.6 Å². The van der Waals surface area contributed by atoms with Crippen LogP contribution in [0.1, 0.15) is 64.2 Å². The van der Waals surface area contributed by atoms with Crippen molar-refractivity contribution in [3.63, 3.8) is 0 Å². The van der Waals surface area contributed by atoms with Crippen LogP contribution in [0.25, 0.3) is 0 Å². The van der Waals surface area contributed by atoms with Crippen molar-refractivity contribution in [1.29, 1.82) is 0 Å². The summed E-state index contributed by atoms with van der Waals surface area (Å²) in [6, 6.07) is 46.2. The van der Waals surface area contributed by atoms with E-state index in [1.807, 2.05) is 0 Å². The monoisotopic (exact) mass is 852 g/mol. The summed E-state index contributed by atoms with van der Waals surface area (Å²) in [5.41, 5.74) is 0. The quantitative estimate of drug-likeness (QED) is 0.0528. The molecule has 0 atom stereocenters. The van der Waals surface area contributed by atoms with Gasteiger partial charge < -0.3 is 19.1 Å². The van der Waals surface area contributed by atoms with Gasteiger partial charge in [-0.15, -0.1) is 0 Å². The van der Waals surface area contributed by atoms with Crippen molar-refractivity contribution in [3.8, 4) is 0 Å². The molecule has 0 unspecified atom stereocenters. The second-order valence-corrected chi connectivity index (χ2v) is 32.9. The first kappa shape index (κ1) is 42.4. The Kier molecular flexibility index (Phi) is 15.1. The number of benzene rings is 4. The average Bonchev–Trinajstić information content (AvgIpc) is 3.15. The Morgan fingerprint density at radius 1 is 0.509 bits per heavy atom. The number of hydrogen-bond donors (Lipinski definition) is 1. The second-order valence-electron chi connectivity index (χ2n) is 16.7. The maximum absolute atomic E-state index is 6.41. The molecule has 4 aromatic rings. The van der Waals surface area contributed by atoms with Crippen LogP contribution >= 0.6 is 14.1 Å². The molecule has 53 heavy (non-hydrogen) atoms. The number of nitrogens with one attached hydrogen (secondary N) is 1. The van der Waals surface area contributed by atoms with Gasteiger partial charge in [-0.1, -0.05) is 213 Å². The van der Waals surface area contributed by atoms with E-state index in [-0.39, 0.29) is 38.8 Å². The first-order chi connectivity index (χ1) is 25.0. The maximum atomic E-state index is 6.41. The molecule has 6 rings (SSSR count). The van der Waals surface area contributed by atoms with Crippen LogP contribution in [0.3, 0.4) is 0 Å². The van der Waals surface area contributed by atoms with Crippen LogP contribution in [-0.4, -0.2) is 34.4 Å². The predicted octanol–water partition coefficient (Wildman–Crippen LogP) is 11.5. The summed E-state index contributed by atoms with van der Waals surface area (Å²) in [5, 5.41) is 11.0. The number of amidine groups is 1. The zero-order chi connectivity index (χ0) is 36.7. The van der Waals surface area contributed by atoms with Crippen LogP contribution in [0.4, 0.5) is 0 Å². The predicted molar refractivity (Wildman–Crippen MR) is 237 cm³/mol. The molecule has 2 aliphatic carbocycles. The van der Waals surface area contributed by atoms with Crippen molar-refractivity contribution in [3.05, 3.63) is 127 Å². The fourth-order valence-corrected chi connectivity index (χ4v) is 26.6. The summed E-state index contributed by atoms with van der Waals surface area (Å²) < 4.78 is 12.8. The minimum atomic E-state index is -2.77. The van der Waals surface area contributed by atoms with Crippen LogP contribution in [-0.2, 0) is 32.7 Å². The molecule has 0 aromatic heterocycles. The first-order valence-electron chi connectivity index (χ1n) is 19.7. The number of rotatable bonds is 11. The van der Waals surface area contributed by atoms with E-state index < -0.39 is 30.6 Å². The molecule has 2 fully saturated rings. The van der Waals surface area contributed by atoms with Crippen LogP contribution in [0.15, 0.2) is 135 Å². The Morgan fingerprint density at radius 3 is 1.15 bits per heavy atom. The molecule has 0 saturated heterocycles. The molecule has 0 heterocycles. The standard InChI is InChI=1S/C44H61N4P2Si2.Y/c1-51(2,3)47-49(39-29-17-9-18-30-39,40-31-19-10-20-32-40)44(43(45-37-25-13-7-14-26-37)46-38-27-15-8-16-28-38)50(48-52(4,5)6,41-33-21-11-22-34-41)42-35-23-12-24-36-42;/h9-12,17-24,29-38H,7-8,13-16,25-28H2,1-6H3,(H,45,46);/q-1;. The van der Waals surface area contributed by atoms with E-state index in [9.17, 15) is 0 Å². The van der Waals surface area contributed by atoms with Crippen molar-refractivity contribution in [2.75, 3.05) is 0 Å². The van der Waals surface area contributed by atoms with E-state index in [1.165, 1.54) is 78.0 Å².